The summed E-state index contributed by atoms with van der Waals surface area (Å²) >= 11 is 0. The van der Waals surface area contributed by atoms with E-state index in [1.807, 2.05) is 21.7 Å². The Hall–Kier alpha value is -2.84. The molecule has 1 saturated carbocycles. The molecule has 1 aliphatic carbocycles. The van der Waals surface area contributed by atoms with Crippen LogP contribution in [0, 0.1) is 12.8 Å². The summed E-state index contributed by atoms with van der Waals surface area (Å²) in [4.78, 5) is 34.5. The first kappa shape index (κ1) is 21.0. The van der Waals surface area contributed by atoms with Crippen molar-refractivity contribution in [3.63, 3.8) is 0 Å². The van der Waals surface area contributed by atoms with Crippen molar-refractivity contribution < 1.29 is 14.3 Å². The highest BCUT2D eigenvalue weighted by Gasteiger charge is 2.42. The van der Waals surface area contributed by atoms with Crippen LogP contribution in [-0.4, -0.2) is 64.3 Å². The van der Waals surface area contributed by atoms with Gasteiger partial charge in [-0.05, 0) is 57.8 Å². The van der Waals surface area contributed by atoms with Gasteiger partial charge in [-0.1, -0.05) is 0 Å². The van der Waals surface area contributed by atoms with Gasteiger partial charge in [-0.3, -0.25) is 4.79 Å². The maximum Gasteiger partial charge on any atom is 0.407 e. The van der Waals surface area contributed by atoms with Crippen LogP contribution in [0.5, 0.6) is 0 Å². The minimum absolute atomic E-state index is 0.0263. The Bertz CT molecular complexity index is 1010. The monoisotopic (exact) mass is 440 g/mol. The molecule has 9 nitrogen and oxygen atoms in total. The van der Waals surface area contributed by atoms with E-state index in [9.17, 15) is 9.59 Å². The van der Waals surface area contributed by atoms with Crippen molar-refractivity contribution in [2.24, 2.45) is 5.92 Å². The fourth-order valence-electron chi connectivity index (χ4n) is 5.11. The highest BCUT2D eigenvalue weighted by atomic mass is 16.5. The summed E-state index contributed by atoms with van der Waals surface area (Å²) in [7, 11) is 1.33. The molecule has 9 heteroatoms. The predicted octanol–water partition coefficient (Wildman–Crippen LogP) is 2.83. The molecule has 3 fully saturated rings. The van der Waals surface area contributed by atoms with E-state index >= 15 is 0 Å². The van der Waals surface area contributed by atoms with Crippen molar-refractivity contribution >= 4 is 23.5 Å². The number of ether oxygens (including phenoxy) is 1. The lowest BCUT2D eigenvalue weighted by Crippen LogP contribution is -2.52. The smallest absolute Gasteiger partial charge is 0.407 e. The van der Waals surface area contributed by atoms with Gasteiger partial charge in [0.2, 0.25) is 5.91 Å². The first-order valence-corrected chi connectivity index (χ1v) is 11.8. The molecule has 2 unspecified atom stereocenters. The van der Waals surface area contributed by atoms with E-state index in [-0.39, 0.29) is 17.9 Å². The van der Waals surface area contributed by atoms with Crippen LogP contribution in [0.2, 0.25) is 0 Å². The van der Waals surface area contributed by atoms with Crippen molar-refractivity contribution in [3.8, 4) is 0 Å². The zero-order chi connectivity index (χ0) is 22.2. The van der Waals surface area contributed by atoms with Crippen LogP contribution in [-0.2, 0) is 9.53 Å². The van der Waals surface area contributed by atoms with Crippen molar-refractivity contribution in [2.45, 2.75) is 64.0 Å². The average molecular weight is 441 g/mol. The van der Waals surface area contributed by atoms with E-state index in [4.69, 9.17) is 14.8 Å². The second kappa shape index (κ2) is 8.60. The van der Waals surface area contributed by atoms with Gasteiger partial charge >= 0.3 is 6.09 Å². The number of carbonyl (C=O) groups excluding carboxylic acids is 2. The van der Waals surface area contributed by atoms with Gasteiger partial charge in [0.25, 0.3) is 0 Å². The lowest BCUT2D eigenvalue weighted by molar-refractivity contribution is -0.138. The lowest BCUT2D eigenvalue weighted by Gasteiger charge is -2.37. The molecule has 2 aromatic heterocycles. The number of aromatic nitrogens is 3. The summed E-state index contributed by atoms with van der Waals surface area (Å²) in [5.74, 6) is 1.20. The third-order valence-electron chi connectivity index (χ3n) is 6.98. The summed E-state index contributed by atoms with van der Waals surface area (Å²) in [6.07, 6.45) is 8.68. The van der Waals surface area contributed by atoms with E-state index in [2.05, 4.69) is 17.1 Å². The number of amides is 2. The number of nitrogens with one attached hydrogen (secondary N) is 1. The molecule has 3 aliphatic rings. The Morgan fingerprint density at radius 3 is 2.59 bits per heavy atom. The second-order valence-electron chi connectivity index (χ2n) is 9.31. The number of hydrogen-bond acceptors (Lipinski definition) is 6. The van der Waals surface area contributed by atoms with Gasteiger partial charge in [0.1, 0.15) is 11.9 Å². The van der Waals surface area contributed by atoms with Gasteiger partial charge in [-0.15, -0.1) is 0 Å². The van der Waals surface area contributed by atoms with Gasteiger partial charge in [0, 0.05) is 37.5 Å². The zero-order valence-corrected chi connectivity index (χ0v) is 18.9. The SMILES string of the molecule is COC(=O)NC(C(=O)N1CCCCC1c1cc2nc(N3CCCC3)c(C)cn2n1)C1CC1. The van der Waals surface area contributed by atoms with Crippen molar-refractivity contribution in [3.05, 3.63) is 23.5 Å². The quantitative estimate of drug-likeness (QED) is 0.769. The van der Waals surface area contributed by atoms with E-state index in [1.165, 1.54) is 20.0 Å². The number of aryl methyl sites for hydroxylation is 1. The number of alkyl carbamates (subject to hydrolysis) is 1. The Balaban J connectivity index is 1.42. The molecule has 5 rings (SSSR count). The van der Waals surface area contributed by atoms with Crippen LogP contribution in [0.4, 0.5) is 10.6 Å². The van der Waals surface area contributed by atoms with Gasteiger partial charge in [0.05, 0.1) is 18.8 Å². The highest BCUT2D eigenvalue weighted by Crippen LogP contribution is 2.37. The molecule has 1 N–H and O–H groups in total. The molecule has 2 aromatic rings. The summed E-state index contributed by atoms with van der Waals surface area (Å²) in [6.45, 7) is 4.85. The standard InChI is InChI=1S/C23H32N6O3/c1-15-14-29-19(24-21(15)27-10-5-6-11-27)13-17(26-29)18-7-3-4-12-28(18)22(30)20(16-8-9-16)25-23(31)32-2/h13-14,16,18,20H,3-12H2,1-2H3,(H,25,31). The van der Waals surface area contributed by atoms with Crippen LogP contribution in [0.3, 0.4) is 0 Å². The normalized spacial score (nSPS) is 22.2. The molecule has 2 saturated heterocycles. The van der Waals surface area contributed by atoms with Crippen LogP contribution in [0.1, 0.15) is 62.2 Å². The van der Waals surface area contributed by atoms with E-state index in [1.54, 1.807) is 0 Å². The largest absolute Gasteiger partial charge is 0.453 e. The summed E-state index contributed by atoms with van der Waals surface area (Å²) in [5, 5.41) is 7.60. The summed E-state index contributed by atoms with van der Waals surface area (Å²) in [5.41, 5.74) is 2.80. The average Bonchev–Trinajstić information content (AvgIpc) is 3.33. The molecule has 0 spiro atoms. The van der Waals surface area contributed by atoms with Crippen LogP contribution in [0.25, 0.3) is 5.65 Å². The Morgan fingerprint density at radius 1 is 1.12 bits per heavy atom. The van der Waals surface area contributed by atoms with E-state index < -0.39 is 12.1 Å². The molecule has 0 bridgehead atoms. The molecule has 32 heavy (non-hydrogen) atoms. The molecule has 2 atom stereocenters. The maximum atomic E-state index is 13.5. The van der Waals surface area contributed by atoms with Gasteiger partial charge in [-0.2, -0.15) is 5.10 Å². The number of methoxy groups -OCH3 is 1. The molecule has 2 amide bonds. The number of anilines is 1. The Labute approximate surface area is 188 Å². The van der Waals surface area contributed by atoms with Gasteiger partial charge in [0.15, 0.2) is 5.65 Å². The summed E-state index contributed by atoms with van der Waals surface area (Å²) in [6, 6.07) is 1.39. The number of rotatable bonds is 5. The molecule has 0 aromatic carbocycles. The first-order chi connectivity index (χ1) is 15.5. The molecular formula is C23H32N6O3. The zero-order valence-electron chi connectivity index (χ0n) is 18.9. The highest BCUT2D eigenvalue weighted by molar-refractivity contribution is 5.86. The van der Waals surface area contributed by atoms with Crippen LogP contribution >= 0.6 is 0 Å². The molecule has 4 heterocycles. The molecular weight excluding hydrogens is 408 g/mol. The fraction of sp³-hybridized carbons (Fsp3) is 0.652. The fourth-order valence-corrected chi connectivity index (χ4v) is 5.11. The summed E-state index contributed by atoms with van der Waals surface area (Å²) < 4.78 is 6.60. The van der Waals surface area contributed by atoms with Gasteiger partial charge < -0.3 is 19.9 Å². The number of nitrogens with zero attached hydrogens (tertiary/aromatic N) is 5. The molecule has 172 valence electrons. The minimum Gasteiger partial charge on any atom is -0.453 e. The predicted molar refractivity (Wildman–Crippen MR) is 120 cm³/mol. The topological polar surface area (TPSA) is 92.1 Å². The third kappa shape index (κ3) is 4.00. The van der Waals surface area contributed by atoms with Crippen LogP contribution in [0.15, 0.2) is 12.3 Å². The van der Waals surface area contributed by atoms with Gasteiger partial charge in [-0.25, -0.2) is 14.3 Å². The number of piperidine rings is 1. The molecule has 0 radical (unpaired) electrons. The van der Waals surface area contributed by atoms with E-state index in [0.29, 0.717) is 6.54 Å². The minimum atomic E-state index is -0.550. The van der Waals surface area contributed by atoms with Crippen molar-refractivity contribution in [1.82, 2.24) is 24.8 Å². The van der Waals surface area contributed by atoms with Crippen molar-refractivity contribution in [1.29, 1.82) is 0 Å². The van der Waals surface area contributed by atoms with E-state index in [0.717, 1.165) is 67.9 Å². The molecule has 2 aliphatic heterocycles. The second-order valence-corrected chi connectivity index (χ2v) is 9.31. The van der Waals surface area contributed by atoms with Crippen molar-refractivity contribution in [2.75, 3.05) is 31.6 Å². The number of carbonyl (C=O) groups is 2. The first-order valence-electron chi connectivity index (χ1n) is 11.8. The Morgan fingerprint density at radius 2 is 1.88 bits per heavy atom. The number of hydrogen-bond donors (Lipinski definition) is 1. The Kier molecular flexibility index (Phi) is 5.65. The number of likely N-dealkylation sites (tertiary alicyclic amines) is 1. The number of fused-ring (bicyclic) bond motifs is 1. The van der Waals surface area contributed by atoms with Crippen LogP contribution < -0.4 is 10.2 Å². The lowest BCUT2D eigenvalue weighted by atomic mass is 9.97. The third-order valence-corrected chi connectivity index (χ3v) is 6.98. The maximum absolute atomic E-state index is 13.5.